The average Bonchev–Trinajstić information content (AvgIpc) is 2.97. The molecule has 0 saturated carbocycles. The van der Waals surface area contributed by atoms with Gasteiger partial charge in [-0.2, -0.15) is 0 Å². The fourth-order valence-electron chi connectivity index (χ4n) is 2.44. The van der Waals surface area contributed by atoms with Gasteiger partial charge in [-0.15, -0.1) is 0 Å². The molecule has 0 radical (unpaired) electrons. The molecule has 6 heteroatoms. The van der Waals surface area contributed by atoms with E-state index in [0.29, 0.717) is 18.5 Å². The Kier molecular flexibility index (Phi) is 4.52. The molecule has 116 valence electrons. The highest BCUT2D eigenvalue weighted by Gasteiger charge is 2.14. The van der Waals surface area contributed by atoms with Crippen LogP contribution in [0, 0.1) is 10.1 Å². The summed E-state index contributed by atoms with van der Waals surface area (Å²) < 4.78 is 2.98. The maximum absolute atomic E-state index is 11.1. The summed E-state index contributed by atoms with van der Waals surface area (Å²) in [5.74, 6) is 0.880. The topological polar surface area (TPSA) is 61.0 Å². The number of imidazole rings is 1. The third-order valence-electron chi connectivity index (χ3n) is 3.61. The van der Waals surface area contributed by atoms with Gasteiger partial charge in [0.1, 0.15) is 5.82 Å². The average molecular weight is 372 g/mol. The van der Waals surface area contributed by atoms with Crippen LogP contribution in [0.1, 0.15) is 17.0 Å². The summed E-state index contributed by atoms with van der Waals surface area (Å²) in [6.45, 7) is 0.434. The van der Waals surface area contributed by atoms with Crippen molar-refractivity contribution < 1.29 is 4.92 Å². The lowest BCUT2D eigenvalue weighted by atomic mass is 10.1. The van der Waals surface area contributed by atoms with E-state index in [1.807, 2.05) is 41.1 Å². The van der Waals surface area contributed by atoms with E-state index in [1.54, 1.807) is 18.3 Å². The summed E-state index contributed by atoms with van der Waals surface area (Å²) in [5, 5.41) is 11.1. The molecule has 0 saturated heterocycles. The Morgan fingerprint density at radius 2 is 1.87 bits per heavy atom. The zero-order valence-electron chi connectivity index (χ0n) is 12.2. The monoisotopic (exact) mass is 371 g/mol. The van der Waals surface area contributed by atoms with Crippen molar-refractivity contribution in [1.82, 2.24) is 9.55 Å². The highest BCUT2D eigenvalue weighted by atomic mass is 79.9. The van der Waals surface area contributed by atoms with Crippen molar-refractivity contribution in [3.8, 4) is 0 Å². The first-order chi connectivity index (χ1) is 11.1. The zero-order valence-corrected chi connectivity index (χ0v) is 13.8. The van der Waals surface area contributed by atoms with Crippen molar-refractivity contribution in [3.63, 3.8) is 0 Å². The van der Waals surface area contributed by atoms with Crippen LogP contribution in [0.25, 0.3) is 0 Å². The van der Waals surface area contributed by atoms with Gasteiger partial charge < -0.3 is 4.57 Å². The summed E-state index contributed by atoms with van der Waals surface area (Å²) in [7, 11) is 0. The van der Waals surface area contributed by atoms with Gasteiger partial charge in [0.2, 0.25) is 0 Å². The molecule has 1 heterocycles. The second kappa shape index (κ2) is 6.75. The van der Waals surface area contributed by atoms with Crippen molar-refractivity contribution >= 4 is 21.6 Å². The van der Waals surface area contributed by atoms with Gasteiger partial charge in [0, 0.05) is 34.9 Å². The smallest absolute Gasteiger partial charge is 0.274 e. The van der Waals surface area contributed by atoms with Gasteiger partial charge in [-0.25, -0.2) is 4.98 Å². The van der Waals surface area contributed by atoms with Crippen molar-refractivity contribution in [2.75, 3.05) is 0 Å². The Morgan fingerprint density at radius 3 is 2.61 bits per heavy atom. The Bertz CT molecular complexity index is 828. The first kappa shape index (κ1) is 15.4. The van der Waals surface area contributed by atoms with Gasteiger partial charge in [0.05, 0.1) is 11.5 Å². The number of rotatable bonds is 5. The van der Waals surface area contributed by atoms with Crippen LogP contribution in [-0.4, -0.2) is 14.5 Å². The van der Waals surface area contributed by atoms with E-state index in [-0.39, 0.29) is 10.6 Å². The van der Waals surface area contributed by atoms with Gasteiger partial charge in [-0.05, 0) is 17.7 Å². The quantitative estimate of drug-likeness (QED) is 0.498. The molecule has 0 unspecified atom stereocenters. The fraction of sp³-hybridized carbons (Fsp3) is 0.118. The lowest BCUT2D eigenvalue weighted by Gasteiger charge is -2.09. The minimum Gasteiger partial charge on any atom is -0.330 e. The molecule has 0 N–H and O–H groups in total. The lowest BCUT2D eigenvalue weighted by molar-refractivity contribution is -0.385. The molecule has 3 aromatic rings. The number of nitrogens with zero attached hydrogens (tertiary/aromatic N) is 3. The molecule has 0 aliphatic carbocycles. The van der Waals surface area contributed by atoms with Crippen LogP contribution < -0.4 is 0 Å². The van der Waals surface area contributed by atoms with Crippen molar-refractivity contribution in [2.24, 2.45) is 0 Å². The molecule has 0 bridgehead atoms. The third kappa shape index (κ3) is 3.65. The van der Waals surface area contributed by atoms with E-state index in [2.05, 4.69) is 20.9 Å². The molecule has 2 aromatic carbocycles. The second-order valence-electron chi connectivity index (χ2n) is 5.16. The van der Waals surface area contributed by atoms with Crippen molar-refractivity contribution in [1.29, 1.82) is 0 Å². The van der Waals surface area contributed by atoms with E-state index in [4.69, 9.17) is 0 Å². The van der Waals surface area contributed by atoms with Gasteiger partial charge >= 0.3 is 0 Å². The molecule has 0 aliphatic rings. The van der Waals surface area contributed by atoms with Crippen LogP contribution in [0.3, 0.4) is 0 Å². The van der Waals surface area contributed by atoms with E-state index in [1.165, 1.54) is 6.07 Å². The number of benzene rings is 2. The normalized spacial score (nSPS) is 10.7. The second-order valence-corrected chi connectivity index (χ2v) is 6.08. The lowest BCUT2D eigenvalue weighted by Crippen LogP contribution is -2.07. The maximum atomic E-state index is 11.1. The van der Waals surface area contributed by atoms with Crippen LogP contribution in [0.5, 0.6) is 0 Å². The number of aromatic nitrogens is 2. The zero-order chi connectivity index (χ0) is 16.2. The number of hydrogen-bond acceptors (Lipinski definition) is 3. The molecule has 0 amide bonds. The molecule has 3 rings (SSSR count). The van der Waals surface area contributed by atoms with Crippen molar-refractivity contribution in [2.45, 2.75) is 13.0 Å². The molecule has 0 fully saturated rings. The Morgan fingerprint density at radius 1 is 1.13 bits per heavy atom. The molecule has 1 aromatic heterocycles. The van der Waals surface area contributed by atoms with Crippen molar-refractivity contribution in [3.05, 3.63) is 92.5 Å². The molecule has 0 atom stereocenters. The van der Waals surface area contributed by atoms with Crippen LogP contribution in [0.4, 0.5) is 5.69 Å². The highest BCUT2D eigenvalue weighted by Crippen LogP contribution is 2.20. The number of halogens is 1. The maximum Gasteiger partial charge on any atom is 0.274 e. The largest absolute Gasteiger partial charge is 0.330 e. The summed E-state index contributed by atoms with van der Waals surface area (Å²) in [6, 6.07) is 14.9. The van der Waals surface area contributed by atoms with Crippen LogP contribution in [-0.2, 0) is 13.0 Å². The highest BCUT2D eigenvalue weighted by molar-refractivity contribution is 9.10. The molecule has 0 spiro atoms. The Labute approximate surface area is 141 Å². The molecule has 23 heavy (non-hydrogen) atoms. The van der Waals surface area contributed by atoms with Gasteiger partial charge in [0.15, 0.2) is 0 Å². The summed E-state index contributed by atoms with van der Waals surface area (Å²) >= 11 is 3.42. The van der Waals surface area contributed by atoms with Crippen LogP contribution in [0.15, 0.2) is 65.4 Å². The van der Waals surface area contributed by atoms with Crippen LogP contribution >= 0.6 is 15.9 Å². The SMILES string of the molecule is O=[N+]([O-])c1ccccc1Cn1ccnc1Cc1ccc(Br)cc1. The predicted molar refractivity (Wildman–Crippen MR) is 91.4 cm³/mol. The molecule has 5 nitrogen and oxygen atoms in total. The summed E-state index contributed by atoms with van der Waals surface area (Å²) in [6.07, 6.45) is 4.26. The van der Waals surface area contributed by atoms with Gasteiger partial charge in [0.25, 0.3) is 5.69 Å². The third-order valence-corrected chi connectivity index (χ3v) is 4.13. The standard InChI is InChI=1S/C17H14BrN3O2/c18-15-7-5-13(6-8-15)11-17-19-9-10-20(17)12-14-3-1-2-4-16(14)21(22)23/h1-10H,11-12H2. The molecule has 0 aliphatic heterocycles. The molecular formula is C17H14BrN3O2. The Balaban J connectivity index is 1.84. The predicted octanol–water partition coefficient (Wildman–Crippen LogP) is 4.19. The first-order valence-electron chi connectivity index (χ1n) is 7.10. The van der Waals surface area contributed by atoms with Gasteiger partial charge in [-0.1, -0.05) is 46.3 Å². The number of nitro groups is 1. The minimum absolute atomic E-state index is 0.135. The number of para-hydroxylation sites is 1. The van der Waals surface area contributed by atoms with E-state index in [0.717, 1.165) is 15.9 Å². The summed E-state index contributed by atoms with van der Waals surface area (Å²) in [4.78, 5) is 15.2. The summed E-state index contributed by atoms with van der Waals surface area (Å²) in [5.41, 5.74) is 1.95. The number of nitro benzene ring substituents is 1. The number of hydrogen-bond donors (Lipinski definition) is 0. The van der Waals surface area contributed by atoms with Crippen LogP contribution in [0.2, 0.25) is 0 Å². The minimum atomic E-state index is -0.347. The Hall–Kier alpha value is -2.47. The van der Waals surface area contributed by atoms with E-state index < -0.39 is 0 Å². The fourth-order valence-corrected chi connectivity index (χ4v) is 2.71. The van der Waals surface area contributed by atoms with E-state index >= 15 is 0 Å². The van der Waals surface area contributed by atoms with Gasteiger partial charge in [-0.3, -0.25) is 10.1 Å². The van der Waals surface area contributed by atoms with E-state index in [9.17, 15) is 10.1 Å². The molecular weight excluding hydrogens is 358 g/mol. The first-order valence-corrected chi connectivity index (χ1v) is 7.89.